The first-order valence-electron chi connectivity index (χ1n) is 9.76. The van der Waals surface area contributed by atoms with Gasteiger partial charge in [-0.3, -0.25) is 14.5 Å². The van der Waals surface area contributed by atoms with E-state index in [1.807, 2.05) is 11.5 Å². The SMILES string of the molecule is CCOC(=O)COc1ccc2nc(CN3C(=O)c4ccccc4C3=O)n(CC)c2c1. The van der Waals surface area contributed by atoms with Gasteiger partial charge < -0.3 is 14.0 Å². The molecule has 0 atom stereocenters. The third kappa shape index (κ3) is 3.41. The minimum absolute atomic E-state index is 0.0773. The van der Waals surface area contributed by atoms with Crippen LogP contribution in [0.25, 0.3) is 11.0 Å². The molecule has 154 valence electrons. The molecule has 30 heavy (non-hydrogen) atoms. The van der Waals surface area contributed by atoms with Crippen molar-refractivity contribution in [2.45, 2.75) is 26.9 Å². The van der Waals surface area contributed by atoms with Crippen molar-refractivity contribution in [3.8, 4) is 5.75 Å². The van der Waals surface area contributed by atoms with E-state index in [0.29, 0.717) is 41.4 Å². The van der Waals surface area contributed by atoms with E-state index in [1.165, 1.54) is 4.90 Å². The first-order chi connectivity index (χ1) is 14.5. The number of aromatic nitrogens is 2. The molecule has 8 heteroatoms. The molecule has 0 radical (unpaired) electrons. The van der Waals surface area contributed by atoms with Crippen LogP contribution in [0.3, 0.4) is 0 Å². The summed E-state index contributed by atoms with van der Waals surface area (Å²) >= 11 is 0. The molecule has 0 saturated carbocycles. The summed E-state index contributed by atoms with van der Waals surface area (Å²) in [6, 6.07) is 12.1. The molecule has 4 rings (SSSR count). The minimum atomic E-state index is -0.437. The largest absolute Gasteiger partial charge is 0.482 e. The summed E-state index contributed by atoms with van der Waals surface area (Å²) in [5.74, 6) is 0.0439. The summed E-state index contributed by atoms with van der Waals surface area (Å²) in [6.07, 6.45) is 0. The van der Waals surface area contributed by atoms with E-state index in [1.54, 1.807) is 49.4 Å². The van der Waals surface area contributed by atoms with Crippen molar-refractivity contribution in [3.05, 3.63) is 59.4 Å². The van der Waals surface area contributed by atoms with Crippen LogP contribution in [0.4, 0.5) is 0 Å². The van der Waals surface area contributed by atoms with E-state index in [-0.39, 0.29) is 25.0 Å². The van der Waals surface area contributed by atoms with Crippen molar-refractivity contribution < 1.29 is 23.9 Å². The fourth-order valence-corrected chi connectivity index (χ4v) is 3.58. The van der Waals surface area contributed by atoms with Crippen molar-refractivity contribution in [3.63, 3.8) is 0 Å². The lowest BCUT2D eigenvalue weighted by atomic mass is 10.1. The normalized spacial score (nSPS) is 13.1. The van der Waals surface area contributed by atoms with Gasteiger partial charge in [-0.1, -0.05) is 12.1 Å². The summed E-state index contributed by atoms with van der Waals surface area (Å²) < 4.78 is 12.3. The second-order valence-electron chi connectivity index (χ2n) is 6.76. The highest BCUT2D eigenvalue weighted by Gasteiger charge is 2.36. The maximum absolute atomic E-state index is 12.7. The first-order valence-corrected chi connectivity index (χ1v) is 9.76. The Hall–Kier alpha value is -3.68. The zero-order chi connectivity index (χ0) is 21.3. The molecule has 3 aromatic rings. The number of aryl methyl sites for hydroxylation is 1. The molecule has 2 heterocycles. The monoisotopic (exact) mass is 407 g/mol. The van der Waals surface area contributed by atoms with E-state index in [4.69, 9.17) is 9.47 Å². The number of rotatable bonds is 7. The number of carbonyl (C=O) groups excluding carboxylic acids is 3. The van der Waals surface area contributed by atoms with Gasteiger partial charge >= 0.3 is 5.97 Å². The number of nitrogens with zero attached hydrogens (tertiary/aromatic N) is 3. The molecule has 8 nitrogen and oxygen atoms in total. The molecule has 0 unspecified atom stereocenters. The van der Waals surface area contributed by atoms with Gasteiger partial charge in [0.05, 0.1) is 35.3 Å². The fourth-order valence-electron chi connectivity index (χ4n) is 3.58. The summed E-state index contributed by atoms with van der Waals surface area (Å²) in [7, 11) is 0. The van der Waals surface area contributed by atoms with Crippen LogP contribution in [0, 0.1) is 0 Å². The van der Waals surface area contributed by atoms with Gasteiger partial charge in [0.25, 0.3) is 11.8 Å². The number of ether oxygens (including phenoxy) is 2. The number of imidazole rings is 1. The number of hydrogen-bond acceptors (Lipinski definition) is 6. The Balaban J connectivity index is 1.60. The Morgan fingerprint density at radius 1 is 1.03 bits per heavy atom. The Kier molecular flexibility index (Phi) is 5.22. The molecule has 2 aromatic carbocycles. The third-order valence-corrected chi connectivity index (χ3v) is 4.95. The van der Waals surface area contributed by atoms with Crippen LogP contribution in [0.5, 0.6) is 5.75 Å². The van der Waals surface area contributed by atoms with E-state index >= 15 is 0 Å². The van der Waals surface area contributed by atoms with Crippen molar-refractivity contribution in [2.75, 3.05) is 13.2 Å². The maximum atomic E-state index is 12.7. The van der Waals surface area contributed by atoms with Crippen LogP contribution in [-0.4, -0.2) is 45.4 Å². The van der Waals surface area contributed by atoms with E-state index in [9.17, 15) is 14.4 Å². The van der Waals surface area contributed by atoms with Gasteiger partial charge in [-0.2, -0.15) is 0 Å². The van der Waals surface area contributed by atoms with E-state index in [2.05, 4.69) is 4.98 Å². The topological polar surface area (TPSA) is 90.7 Å². The second kappa shape index (κ2) is 7.98. The summed E-state index contributed by atoms with van der Waals surface area (Å²) in [5.41, 5.74) is 2.34. The number of fused-ring (bicyclic) bond motifs is 2. The molecule has 1 aliphatic rings. The lowest BCUT2D eigenvalue weighted by Crippen LogP contribution is -2.30. The molecule has 1 aliphatic heterocycles. The van der Waals surface area contributed by atoms with Gasteiger partial charge in [0.15, 0.2) is 6.61 Å². The van der Waals surface area contributed by atoms with Crippen molar-refractivity contribution in [1.82, 2.24) is 14.5 Å². The van der Waals surface area contributed by atoms with Gasteiger partial charge in [0, 0.05) is 12.6 Å². The smallest absolute Gasteiger partial charge is 0.344 e. The maximum Gasteiger partial charge on any atom is 0.344 e. The Bertz CT molecular complexity index is 1120. The summed E-state index contributed by atoms with van der Waals surface area (Å²) in [6.45, 7) is 4.48. The number of hydrogen-bond donors (Lipinski definition) is 0. The zero-order valence-corrected chi connectivity index (χ0v) is 16.8. The summed E-state index contributed by atoms with van der Waals surface area (Å²) in [5, 5.41) is 0. The molecule has 0 aliphatic carbocycles. The van der Waals surface area contributed by atoms with E-state index < -0.39 is 5.97 Å². The van der Waals surface area contributed by atoms with Gasteiger partial charge in [-0.05, 0) is 38.1 Å². The third-order valence-electron chi connectivity index (χ3n) is 4.95. The standard InChI is InChI=1S/C22H21N3O5/c1-3-24-18-11-14(30-13-20(26)29-4-2)9-10-17(18)23-19(24)12-25-21(27)15-7-5-6-8-16(15)22(25)28/h5-11H,3-4,12-13H2,1-2H3. The van der Waals surface area contributed by atoms with Crippen LogP contribution >= 0.6 is 0 Å². The highest BCUT2D eigenvalue weighted by atomic mass is 16.6. The van der Waals surface area contributed by atoms with Gasteiger partial charge in [0.2, 0.25) is 0 Å². The van der Waals surface area contributed by atoms with Crippen LogP contribution in [0.1, 0.15) is 40.4 Å². The Morgan fingerprint density at radius 2 is 1.73 bits per heavy atom. The molecule has 0 spiro atoms. The molecule has 0 saturated heterocycles. The number of carbonyl (C=O) groups is 3. The highest BCUT2D eigenvalue weighted by Crippen LogP contribution is 2.27. The zero-order valence-electron chi connectivity index (χ0n) is 16.8. The van der Waals surface area contributed by atoms with Crippen LogP contribution in [0.2, 0.25) is 0 Å². The van der Waals surface area contributed by atoms with Crippen molar-refractivity contribution in [1.29, 1.82) is 0 Å². The van der Waals surface area contributed by atoms with Crippen LogP contribution in [-0.2, 0) is 22.6 Å². The van der Waals surface area contributed by atoms with E-state index in [0.717, 1.165) is 5.52 Å². The van der Waals surface area contributed by atoms with Crippen molar-refractivity contribution >= 4 is 28.8 Å². The Labute approximate surface area is 173 Å². The number of amides is 2. The molecular weight excluding hydrogens is 386 g/mol. The predicted octanol–water partition coefficient (Wildman–Crippen LogP) is 2.79. The minimum Gasteiger partial charge on any atom is -0.482 e. The fraction of sp³-hybridized carbons (Fsp3) is 0.273. The van der Waals surface area contributed by atoms with Crippen molar-refractivity contribution in [2.24, 2.45) is 0 Å². The number of esters is 1. The molecule has 2 amide bonds. The molecule has 0 bridgehead atoms. The van der Waals surface area contributed by atoms with Gasteiger partial charge in [0.1, 0.15) is 11.6 Å². The lowest BCUT2D eigenvalue weighted by Gasteiger charge is -2.14. The molecular formula is C22H21N3O5. The molecule has 0 N–H and O–H groups in total. The quantitative estimate of drug-likeness (QED) is 0.442. The average Bonchev–Trinajstić information content (AvgIpc) is 3.22. The van der Waals surface area contributed by atoms with Gasteiger partial charge in [-0.15, -0.1) is 0 Å². The number of benzene rings is 2. The molecule has 1 aromatic heterocycles. The first kappa shape index (κ1) is 19.6. The van der Waals surface area contributed by atoms with Gasteiger partial charge in [-0.25, -0.2) is 9.78 Å². The predicted molar refractivity (Wildman–Crippen MR) is 108 cm³/mol. The van der Waals surface area contributed by atoms with Crippen LogP contribution < -0.4 is 4.74 Å². The molecule has 0 fully saturated rings. The average molecular weight is 407 g/mol. The lowest BCUT2D eigenvalue weighted by molar-refractivity contribution is -0.145. The van der Waals surface area contributed by atoms with Crippen LogP contribution in [0.15, 0.2) is 42.5 Å². The Morgan fingerprint density at radius 3 is 2.37 bits per heavy atom. The second-order valence-corrected chi connectivity index (χ2v) is 6.76. The highest BCUT2D eigenvalue weighted by molar-refractivity contribution is 6.21. The number of imide groups is 1. The summed E-state index contributed by atoms with van der Waals surface area (Å²) in [4.78, 5) is 42.7.